The maximum absolute atomic E-state index is 12.1. The summed E-state index contributed by atoms with van der Waals surface area (Å²) in [5.41, 5.74) is 0.851. The highest BCUT2D eigenvalue weighted by Crippen LogP contribution is 2.22. The lowest BCUT2D eigenvalue weighted by Crippen LogP contribution is -2.34. The molecule has 1 aliphatic rings. The highest BCUT2D eigenvalue weighted by Gasteiger charge is 2.33. The molecule has 7 nitrogen and oxygen atoms in total. The monoisotopic (exact) mass is 399 g/mol. The molecule has 0 spiro atoms. The smallest absolute Gasteiger partial charge is 0.414 e. The van der Waals surface area contributed by atoms with Crippen LogP contribution in [0.5, 0.6) is 0 Å². The normalized spacial score (nSPS) is 17.8. The number of aliphatic hydroxyl groups is 1. The third-order valence-electron chi connectivity index (χ3n) is 3.69. The second-order valence-electron chi connectivity index (χ2n) is 5.53. The molecule has 142 valence electrons. The van der Waals surface area contributed by atoms with E-state index < -0.39 is 12.2 Å². The quantitative estimate of drug-likeness (QED) is 0.624. The molecule has 0 aliphatic carbocycles. The van der Waals surface area contributed by atoms with E-state index in [9.17, 15) is 9.59 Å². The van der Waals surface area contributed by atoms with Gasteiger partial charge in [0, 0.05) is 18.3 Å². The maximum Gasteiger partial charge on any atom is 0.414 e. The number of hydrogen-bond donors (Lipinski definition) is 2. The number of nitrogens with one attached hydrogen (secondary N) is 1. The Morgan fingerprint density at radius 3 is 3.04 bits per heavy atom. The minimum Gasteiger partial charge on any atom is -0.442 e. The molecule has 26 heavy (non-hydrogen) atoms. The number of thiophene rings is 1. The molecule has 1 saturated heterocycles. The van der Waals surface area contributed by atoms with Gasteiger partial charge in [-0.2, -0.15) is 0 Å². The van der Waals surface area contributed by atoms with E-state index in [1.807, 2.05) is 13.0 Å². The van der Waals surface area contributed by atoms with Crippen LogP contribution in [0.1, 0.15) is 29.4 Å². The van der Waals surface area contributed by atoms with Gasteiger partial charge in [0.15, 0.2) is 0 Å². The molecular weight excluding hydrogens is 378 g/mol. The third-order valence-corrected chi connectivity index (χ3v) is 4.92. The second kappa shape index (κ2) is 10.3. The van der Waals surface area contributed by atoms with Crippen LogP contribution in [0.4, 0.5) is 4.79 Å². The molecule has 1 unspecified atom stereocenters. The van der Waals surface area contributed by atoms with E-state index >= 15 is 0 Å². The van der Waals surface area contributed by atoms with Crippen molar-refractivity contribution in [3.63, 3.8) is 0 Å². The van der Waals surface area contributed by atoms with Crippen LogP contribution >= 0.6 is 22.9 Å². The molecule has 2 rings (SSSR count). The summed E-state index contributed by atoms with van der Waals surface area (Å²) in [5.74, 6) is -0.234. The van der Waals surface area contributed by atoms with Crippen molar-refractivity contribution in [1.82, 2.24) is 10.2 Å². The SMILES string of the molecule is CC/C(=C\CC=NCCO)N1CC(CNC(=O)c2ccc(Cl)s2)OC1=O. The molecule has 0 radical (unpaired) electrons. The molecule has 1 aromatic heterocycles. The number of nitrogens with zero attached hydrogens (tertiary/aromatic N) is 2. The number of ether oxygens (including phenoxy) is 1. The summed E-state index contributed by atoms with van der Waals surface area (Å²) in [4.78, 5) is 30.3. The molecule has 0 saturated carbocycles. The Morgan fingerprint density at radius 2 is 2.38 bits per heavy atom. The summed E-state index contributed by atoms with van der Waals surface area (Å²) in [5, 5.41) is 11.4. The molecule has 0 aromatic carbocycles. The topological polar surface area (TPSA) is 91.2 Å². The average Bonchev–Trinajstić information content (AvgIpc) is 3.22. The minimum atomic E-state index is -0.413. The van der Waals surface area contributed by atoms with Crippen molar-refractivity contribution < 1.29 is 19.4 Å². The number of amides is 2. The predicted octanol–water partition coefficient (Wildman–Crippen LogP) is 2.70. The van der Waals surface area contributed by atoms with Crippen molar-refractivity contribution in [2.75, 3.05) is 26.2 Å². The van der Waals surface area contributed by atoms with Crippen LogP contribution in [0.3, 0.4) is 0 Å². The molecule has 9 heteroatoms. The van der Waals surface area contributed by atoms with Gasteiger partial charge in [0.2, 0.25) is 0 Å². The molecule has 1 aliphatic heterocycles. The van der Waals surface area contributed by atoms with Gasteiger partial charge in [0.05, 0.1) is 35.5 Å². The van der Waals surface area contributed by atoms with Gasteiger partial charge in [-0.15, -0.1) is 11.3 Å². The zero-order valence-corrected chi connectivity index (χ0v) is 16.1. The van der Waals surface area contributed by atoms with Crippen molar-refractivity contribution in [3.8, 4) is 0 Å². The van der Waals surface area contributed by atoms with E-state index in [0.29, 0.717) is 35.1 Å². The number of aliphatic hydroxyl groups excluding tert-OH is 1. The fraction of sp³-hybridized carbons (Fsp3) is 0.471. The number of cyclic esters (lactones) is 1. The molecule has 1 aromatic rings. The zero-order valence-electron chi connectivity index (χ0n) is 14.5. The van der Waals surface area contributed by atoms with Gasteiger partial charge < -0.3 is 15.2 Å². The van der Waals surface area contributed by atoms with E-state index in [1.165, 1.54) is 11.3 Å². The first-order valence-electron chi connectivity index (χ1n) is 8.35. The summed E-state index contributed by atoms with van der Waals surface area (Å²) in [6.45, 7) is 2.98. The van der Waals surface area contributed by atoms with Crippen LogP contribution in [-0.4, -0.2) is 60.6 Å². The number of aliphatic imine (C=N–C) groups is 1. The molecule has 1 atom stereocenters. The Balaban J connectivity index is 1.86. The maximum atomic E-state index is 12.1. The third kappa shape index (κ3) is 5.82. The Bertz CT molecular complexity index is 689. The van der Waals surface area contributed by atoms with Gasteiger partial charge in [0.25, 0.3) is 5.91 Å². The fourth-order valence-corrected chi connectivity index (χ4v) is 3.41. The number of halogens is 1. The van der Waals surface area contributed by atoms with Crippen molar-refractivity contribution in [2.24, 2.45) is 4.99 Å². The van der Waals surface area contributed by atoms with E-state index in [2.05, 4.69) is 10.3 Å². The van der Waals surface area contributed by atoms with Crippen LogP contribution < -0.4 is 5.32 Å². The fourth-order valence-electron chi connectivity index (χ4n) is 2.45. The Kier molecular flexibility index (Phi) is 8.08. The van der Waals surface area contributed by atoms with Crippen molar-refractivity contribution >= 4 is 41.2 Å². The van der Waals surface area contributed by atoms with E-state index in [0.717, 1.165) is 5.70 Å². The van der Waals surface area contributed by atoms with Crippen LogP contribution in [0, 0.1) is 0 Å². The summed E-state index contributed by atoms with van der Waals surface area (Å²) < 4.78 is 5.89. The van der Waals surface area contributed by atoms with Crippen molar-refractivity contribution in [3.05, 3.63) is 33.1 Å². The van der Waals surface area contributed by atoms with Gasteiger partial charge in [-0.1, -0.05) is 24.6 Å². The zero-order chi connectivity index (χ0) is 18.9. The summed E-state index contributed by atoms with van der Waals surface area (Å²) in [7, 11) is 0. The highest BCUT2D eigenvalue weighted by atomic mass is 35.5. The second-order valence-corrected chi connectivity index (χ2v) is 7.24. The molecular formula is C17H22ClN3O4S. The van der Waals surface area contributed by atoms with Crippen LogP contribution in [0.25, 0.3) is 0 Å². The molecule has 1 fully saturated rings. The number of allylic oxidation sites excluding steroid dienone is 2. The lowest BCUT2D eigenvalue weighted by Gasteiger charge is -2.15. The Labute approximate surface area is 161 Å². The Hall–Kier alpha value is -1.90. The van der Waals surface area contributed by atoms with Crippen LogP contribution in [0.15, 0.2) is 28.9 Å². The number of carbonyl (C=O) groups excluding carboxylic acids is 2. The van der Waals surface area contributed by atoms with Crippen molar-refractivity contribution in [2.45, 2.75) is 25.9 Å². The summed E-state index contributed by atoms with van der Waals surface area (Å²) in [6, 6.07) is 3.33. The molecule has 2 N–H and O–H groups in total. The highest BCUT2D eigenvalue weighted by molar-refractivity contribution is 7.17. The van der Waals surface area contributed by atoms with E-state index in [1.54, 1.807) is 23.2 Å². The lowest BCUT2D eigenvalue weighted by atomic mass is 10.2. The van der Waals surface area contributed by atoms with Crippen LogP contribution in [-0.2, 0) is 4.74 Å². The molecule has 2 amide bonds. The van der Waals surface area contributed by atoms with Gasteiger partial charge in [-0.3, -0.25) is 14.7 Å². The molecule has 2 heterocycles. The van der Waals surface area contributed by atoms with E-state index in [4.69, 9.17) is 21.4 Å². The van der Waals surface area contributed by atoms with Crippen molar-refractivity contribution in [1.29, 1.82) is 0 Å². The standard InChI is InChI=1S/C17H22ClN3O4S/c1-2-12(4-3-7-19-8-9-22)21-11-13(25-17(21)24)10-20-16(23)14-5-6-15(18)26-14/h4-7,13,22H,2-3,8-11H2,1H3,(H,20,23)/b12-4+,19-7?. The first-order chi connectivity index (χ1) is 12.5. The van der Waals surface area contributed by atoms with Gasteiger partial charge in [0.1, 0.15) is 6.10 Å². The largest absolute Gasteiger partial charge is 0.442 e. The van der Waals surface area contributed by atoms with Crippen LogP contribution in [0.2, 0.25) is 4.34 Å². The summed E-state index contributed by atoms with van der Waals surface area (Å²) in [6.07, 6.45) is 4.06. The summed E-state index contributed by atoms with van der Waals surface area (Å²) >= 11 is 7.03. The number of hydrogen-bond acceptors (Lipinski definition) is 6. The first kappa shape index (κ1) is 20.4. The number of carbonyl (C=O) groups is 2. The first-order valence-corrected chi connectivity index (χ1v) is 9.54. The van der Waals surface area contributed by atoms with Gasteiger partial charge in [-0.05, 0) is 18.6 Å². The van der Waals surface area contributed by atoms with E-state index in [-0.39, 0.29) is 19.1 Å². The Morgan fingerprint density at radius 1 is 1.58 bits per heavy atom. The average molecular weight is 400 g/mol. The minimum absolute atomic E-state index is 0.0182. The van der Waals surface area contributed by atoms with Gasteiger partial charge >= 0.3 is 6.09 Å². The number of rotatable bonds is 9. The predicted molar refractivity (Wildman–Crippen MR) is 102 cm³/mol. The van der Waals surface area contributed by atoms with Gasteiger partial charge in [-0.25, -0.2) is 4.79 Å². The lowest BCUT2D eigenvalue weighted by molar-refractivity contribution is 0.0919. The molecule has 0 bridgehead atoms.